The maximum absolute atomic E-state index is 12.2. The lowest BCUT2D eigenvalue weighted by molar-refractivity contribution is 0.0821. The molecule has 0 aliphatic heterocycles. The highest BCUT2D eigenvalue weighted by atomic mass is 16.5. The number of amides is 1. The summed E-state index contributed by atoms with van der Waals surface area (Å²) < 4.78 is 11.6. The fourth-order valence-corrected chi connectivity index (χ4v) is 1.75. The third-order valence-corrected chi connectivity index (χ3v) is 2.79. The van der Waals surface area contributed by atoms with Gasteiger partial charge >= 0.3 is 0 Å². The van der Waals surface area contributed by atoms with Gasteiger partial charge < -0.3 is 14.4 Å². The van der Waals surface area contributed by atoms with Gasteiger partial charge in [-0.2, -0.15) is 0 Å². The normalized spacial score (nSPS) is 14.4. The van der Waals surface area contributed by atoms with Crippen LogP contribution in [0.15, 0.2) is 18.2 Å². The van der Waals surface area contributed by atoms with Gasteiger partial charge in [-0.3, -0.25) is 4.79 Å². The van der Waals surface area contributed by atoms with Crippen molar-refractivity contribution >= 4 is 5.91 Å². The summed E-state index contributed by atoms with van der Waals surface area (Å²) in [4.78, 5) is 13.7. The largest absolute Gasteiger partial charge is 0.487 e. The van der Waals surface area contributed by atoms with Crippen LogP contribution in [0, 0.1) is 0 Å². The molecule has 1 aromatic rings. The van der Waals surface area contributed by atoms with Gasteiger partial charge in [0.25, 0.3) is 5.91 Å². The zero-order valence-electron chi connectivity index (χ0n) is 12.0. The predicted octanol–water partition coefficient (Wildman–Crippen LogP) is 2.72. The van der Waals surface area contributed by atoms with Crippen LogP contribution in [-0.2, 0) is 0 Å². The van der Waals surface area contributed by atoms with Crippen LogP contribution < -0.4 is 9.47 Å². The van der Waals surface area contributed by atoms with Crippen molar-refractivity contribution in [1.29, 1.82) is 0 Å². The Bertz CT molecular complexity index is 464. The zero-order valence-corrected chi connectivity index (χ0v) is 12.0. The standard InChI is InChI=1S/C15H21NO3/c1-10(2)18-13-7-5-6-12(15(17)16(3)4)14(13)19-11-8-9-11/h5-7,10-11H,8-9H2,1-4H3. The number of rotatable bonds is 5. The van der Waals surface area contributed by atoms with Crippen molar-refractivity contribution in [2.75, 3.05) is 14.1 Å². The molecule has 0 aromatic heterocycles. The number of para-hydroxylation sites is 1. The Balaban J connectivity index is 2.36. The van der Waals surface area contributed by atoms with Crippen molar-refractivity contribution in [2.45, 2.75) is 38.9 Å². The number of ether oxygens (including phenoxy) is 2. The summed E-state index contributed by atoms with van der Waals surface area (Å²) >= 11 is 0. The Morgan fingerprint density at radius 1 is 1.32 bits per heavy atom. The van der Waals surface area contributed by atoms with Gasteiger partial charge in [0.1, 0.15) is 0 Å². The lowest BCUT2D eigenvalue weighted by atomic mass is 10.1. The molecule has 0 atom stereocenters. The molecular formula is C15H21NO3. The fraction of sp³-hybridized carbons (Fsp3) is 0.533. The zero-order chi connectivity index (χ0) is 14.0. The number of hydrogen-bond acceptors (Lipinski definition) is 3. The molecule has 4 heteroatoms. The van der Waals surface area contributed by atoms with Crippen LogP contribution in [0.1, 0.15) is 37.0 Å². The summed E-state index contributed by atoms with van der Waals surface area (Å²) in [5.41, 5.74) is 0.565. The number of hydrogen-bond donors (Lipinski definition) is 0. The molecule has 1 amide bonds. The van der Waals surface area contributed by atoms with Gasteiger partial charge in [0.2, 0.25) is 0 Å². The molecule has 0 saturated heterocycles. The molecule has 1 fully saturated rings. The fourth-order valence-electron chi connectivity index (χ4n) is 1.75. The van der Waals surface area contributed by atoms with Crippen molar-refractivity contribution < 1.29 is 14.3 Å². The Kier molecular flexibility index (Phi) is 3.98. The number of carbonyl (C=O) groups is 1. The summed E-state index contributed by atoms with van der Waals surface area (Å²) in [7, 11) is 3.47. The summed E-state index contributed by atoms with van der Waals surface area (Å²) in [6, 6.07) is 5.46. The first kappa shape index (κ1) is 13.7. The first-order valence-corrected chi connectivity index (χ1v) is 6.67. The summed E-state index contributed by atoms with van der Waals surface area (Å²) in [6.45, 7) is 3.92. The van der Waals surface area contributed by atoms with Crippen LogP contribution in [0.4, 0.5) is 0 Å². The minimum atomic E-state index is -0.0649. The maximum Gasteiger partial charge on any atom is 0.257 e. The van der Waals surface area contributed by atoms with E-state index in [1.165, 1.54) is 0 Å². The van der Waals surface area contributed by atoms with Gasteiger partial charge in [-0.1, -0.05) is 6.07 Å². The van der Waals surface area contributed by atoms with Crippen LogP contribution in [0.25, 0.3) is 0 Å². The maximum atomic E-state index is 12.2. The Labute approximate surface area is 114 Å². The molecule has 1 aromatic carbocycles. The van der Waals surface area contributed by atoms with Crippen molar-refractivity contribution in [3.63, 3.8) is 0 Å². The minimum absolute atomic E-state index is 0.0475. The van der Waals surface area contributed by atoms with E-state index in [2.05, 4.69) is 0 Å². The highest BCUT2D eigenvalue weighted by molar-refractivity contribution is 5.97. The smallest absolute Gasteiger partial charge is 0.257 e. The molecule has 0 unspecified atom stereocenters. The molecule has 1 aliphatic carbocycles. The lowest BCUT2D eigenvalue weighted by Gasteiger charge is -2.19. The van der Waals surface area contributed by atoms with E-state index in [4.69, 9.17) is 9.47 Å². The number of benzene rings is 1. The van der Waals surface area contributed by atoms with E-state index in [9.17, 15) is 4.79 Å². The number of carbonyl (C=O) groups excluding carboxylic acids is 1. The Hall–Kier alpha value is -1.71. The third kappa shape index (κ3) is 3.40. The van der Waals surface area contributed by atoms with Gasteiger partial charge in [-0.15, -0.1) is 0 Å². The van der Waals surface area contributed by atoms with E-state index in [1.807, 2.05) is 26.0 Å². The van der Waals surface area contributed by atoms with Crippen LogP contribution in [-0.4, -0.2) is 37.1 Å². The highest BCUT2D eigenvalue weighted by Gasteiger charge is 2.28. The van der Waals surface area contributed by atoms with Crippen LogP contribution in [0.5, 0.6) is 11.5 Å². The molecule has 0 bridgehead atoms. The molecule has 0 heterocycles. The van der Waals surface area contributed by atoms with Gasteiger partial charge in [0.05, 0.1) is 17.8 Å². The predicted molar refractivity (Wildman–Crippen MR) is 73.9 cm³/mol. The number of nitrogens with zero attached hydrogens (tertiary/aromatic N) is 1. The molecular weight excluding hydrogens is 242 g/mol. The van der Waals surface area contributed by atoms with Gasteiger partial charge in [0.15, 0.2) is 11.5 Å². The molecule has 104 valence electrons. The summed E-state index contributed by atoms with van der Waals surface area (Å²) in [6.07, 6.45) is 2.37. The van der Waals surface area contributed by atoms with Crippen LogP contribution >= 0.6 is 0 Å². The van der Waals surface area contributed by atoms with E-state index in [1.54, 1.807) is 25.1 Å². The first-order chi connectivity index (χ1) is 8.99. The SMILES string of the molecule is CC(C)Oc1cccc(C(=O)N(C)C)c1OC1CC1. The van der Waals surface area contributed by atoms with Crippen molar-refractivity contribution in [1.82, 2.24) is 4.90 Å². The quantitative estimate of drug-likeness (QED) is 0.820. The van der Waals surface area contributed by atoms with E-state index in [0.29, 0.717) is 17.1 Å². The highest BCUT2D eigenvalue weighted by Crippen LogP contribution is 2.37. The molecule has 4 nitrogen and oxygen atoms in total. The topological polar surface area (TPSA) is 38.8 Å². The molecule has 19 heavy (non-hydrogen) atoms. The second kappa shape index (κ2) is 5.51. The molecule has 0 N–H and O–H groups in total. The minimum Gasteiger partial charge on any atom is -0.487 e. The average Bonchev–Trinajstić information content (AvgIpc) is 3.13. The Morgan fingerprint density at radius 3 is 2.53 bits per heavy atom. The third-order valence-electron chi connectivity index (χ3n) is 2.79. The van der Waals surface area contributed by atoms with Crippen molar-refractivity contribution in [3.05, 3.63) is 23.8 Å². The molecule has 2 rings (SSSR count). The van der Waals surface area contributed by atoms with Crippen LogP contribution in [0.3, 0.4) is 0 Å². The molecule has 0 radical (unpaired) electrons. The summed E-state index contributed by atoms with van der Waals surface area (Å²) in [5.74, 6) is 1.16. The van der Waals surface area contributed by atoms with E-state index in [0.717, 1.165) is 12.8 Å². The van der Waals surface area contributed by atoms with Gasteiger partial charge in [0, 0.05) is 14.1 Å². The van der Waals surface area contributed by atoms with Crippen molar-refractivity contribution in [2.24, 2.45) is 0 Å². The van der Waals surface area contributed by atoms with E-state index < -0.39 is 0 Å². The van der Waals surface area contributed by atoms with E-state index >= 15 is 0 Å². The van der Waals surface area contributed by atoms with Gasteiger partial charge in [-0.25, -0.2) is 0 Å². The van der Waals surface area contributed by atoms with E-state index in [-0.39, 0.29) is 18.1 Å². The second-order valence-corrected chi connectivity index (χ2v) is 5.32. The summed E-state index contributed by atoms with van der Waals surface area (Å²) in [5, 5.41) is 0. The average molecular weight is 263 g/mol. The molecule has 0 spiro atoms. The molecule has 1 saturated carbocycles. The first-order valence-electron chi connectivity index (χ1n) is 6.67. The monoisotopic (exact) mass is 263 g/mol. The molecule has 1 aliphatic rings. The Morgan fingerprint density at radius 2 is 2.00 bits per heavy atom. The van der Waals surface area contributed by atoms with Crippen LogP contribution in [0.2, 0.25) is 0 Å². The van der Waals surface area contributed by atoms with Gasteiger partial charge in [-0.05, 0) is 38.8 Å². The van der Waals surface area contributed by atoms with Crippen molar-refractivity contribution in [3.8, 4) is 11.5 Å². The lowest BCUT2D eigenvalue weighted by Crippen LogP contribution is -2.23. The second-order valence-electron chi connectivity index (χ2n) is 5.32.